The second-order valence-corrected chi connectivity index (χ2v) is 6.78. The van der Waals surface area contributed by atoms with Gasteiger partial charge in [0.25, 0.3) is 0 Å². The molecule has 0 spiro atoms. The third-order valence-electron chi connectivity index (χ3n) is 5.06. The molecule has 0 aromatic heterocycles. The fourth-order valence-corrected chi connectivity index (χ4v) is 3.42. The number of rotatable bonds is 3. The molecular formula is C18H26FN3O. The van der Waals surface area contributed by atoms with Gasteiger partial charge in [0.1, 0.15) is 5.82 Å². The van der Waals surface area contributed by atoms with E-state index in [0.29, 0.717) is 38.4 Å². The fraction of sp³-hybridized carbons (Fsp3) is 0.611. The van der Waals surface area contributed by atoms with Gasteiger partial charge in [0.15, 0.2) is 0 Å². The van der Waals surface area contributed by atoms with E-state index in [1.165, 1.54) is 18.9 Å². The largest absolute Gasteiger partial charge is 0.366 e. The number of piperidine rings is 1. The Morgan fingerprint density at radius 3 is 2.39 bits per heavy atom. The summed E-state index contributed by atoms with van der Waals surface area (Å²) >= 11 is 0. The van der Waals surface area contributed by atoms with Crippen LogP contribution >= 0.6 is 0 Å². The number of nitrogens with zero attached hydrogens (tertiary/aromatic N) is 3. The number of carbonyl (C=O) groups excluding carboxylic acids is 1. The number of halogens is 1. The van der Waals surface area contributed by atoms with Crippen molar-refractivity contribution in [1.82, 2.24) is 9.80 Å². The van der Waals surface area contributed by atoms with Crippen molar-refractivity contribution in [2.45, 2.75) is 19.8 Å². The number of para-hydroxylation sites is 1. The van der Waals surface area contributed by atoms with E-state index in [4.69, 9.17) is 0 Å². The van der Waals surface area contributed by atoms with Gasteiger partial charge in [-0.25, -0.2) is 4.39 Å². The SMILES string of the molecule is CC1CCN(CC(=O)N2CCN(c3ccccc3F)CC2)CC1. The van der Waals surface area contributed by atoms with Crippen molar-refractivity contribution in [2.24, 2.45) is 5.92 Å². The fourth-order valence-electron chi connectivity index (χ4n) is 3.42. The van der Waals surface area contributed by atoms with Crippen molar-refractivity contribution in [3.05, 3.63) is 30.1 Å². The van der Waals surface area contributed by atoms with E-state index in [0.717, 1.165) is 19.0 Å². The Morgan fingerprint density at radius 1 is 1.09 bits per heavy atom. The molecule has 0 aliphatic carbocycles. The first-order valence-electron chi connectivity index (χ1n) is 8.63. The molecule has 0 saturated carbocycles. The van der Waals surface area contributed by atoms with Gasteiger partial charge in [-0.15, -0.1) is 0 Å². The monoisotopic (exact) mass is 319 g/mol. The molecule has 0 unspecified atom stereocenters. The smallest absolute Gasteiger partial charge is 0.236 e. The molecule has 2 aliphatic heterocycles. The Kier molecular flexibility index (Phi) is 5.16. The molecule has 2 fully saturated rings. The summed E-state index contributed by atoms with van der Waals surface area (Å²) in [6.45, 7) is 7.62. The highest BCUT2D eigenvalue weighted by Gasteiger charge is 2.25. The Bertz CT molecular complexity index is 535. The maximum Gasteiger partial charge on any atom is 0.236 e. The molecule has 23 heavy (non-hydrogen) atoms. The van der Waals surface area contributed by atoms with Crippen molar-refractivity contribution >= 4 is 11.6 Å². The van der Waals surface area contributed by atoms with E-state index in [1.54, 1.807) is 6.07 Å². The van der Waals surface area contributed by atoms with Crippen molar-refractivity contribution in [2.75, 3.05) is 50.7 Å². The average molecular weight is 319 g/mol. The lowest BCUT2D eigenvalue weighted by atomic mass is 9.99. The summed E-state index contributed by atoms with van der Waals surface area (Å²) < 4.78 is 13.8. The zero-order valence-electron chi connectivity index (χ0n) is 13.9. The number of hydrogen-bond acceptors (Lipinski definition) is 3. The van der Waals surface area contributed by atoms with Crippen molar-refractivity contribution in [3.8, 4) is 0 Å². The van der Waals surface area contributed by atoms with Crippen LogP contribution in [0, 0.1) is 11.7 Å². The Labute approximate surface area is 137 Å². The quantitative estimate of drug-likeness (QED) is 0.855. The lowest BCUT2D eigenvalue weighted by Crippen LogP contribution is -2.52. The van der Waals surface area contributed by atoms with Gasteiger partial charge in [0, 0.05) is 26.2 Å². The number of anilines is 1. The summed E-state index contributed by atoms with van der Waals surface area (Å²) in [5.41, 5.74) is 0.643. The first-order chi connectivity index (χ1) is 11.1. The molecule has 1 amide bonds. The molecule has 3 rings (SSSR count). The van der Waals surface area contributed by atoms with Gasteiger partial charge in [-0.1, -0.05) is 19.1 Å². The minimum atomic E-state index is -0.185. The molecule has 1 aromatic carbocycles. The molecule has 126 valence electrons. The predicted molar refractivity (Wildman–Crippen MR) is 90.0 cm³/mol. The van der Waals surface area contributed by atoms with Gasteiger partial charge >= 0.3 is 0 Å². The second-order valence-electron chi connectivity index (χ2n) is 6.78. The summed E-state index contributed by atoms with van der Waals surface area (Å²) in [6.07, 6.45) is 2.38. The second kappa shape index (κ2) is 7.30. The number of likely N-dealkylation sites (tertiary alicyclic amines) is 1. The van der Waals surface area contributed by atoms with E-state index in [1.807, 2.05) is 21.9 Å². The first kappa shape index (κ1) is 16.2. The summed E-state index contributed by atoms with van der Waals surface area (Å²) in [5, 5.41) is 0. The van der Waals surface area contributed by atoms with Crippen molar-refractivity contribution < 1.29 is 9.18 Å². The summed E-state index contributed by atoms with van der Waals surface area (Å²) in [4.78, 5) is 18.7. The highest BCUT2D eigenvalue weighted by atomic mass is 19.1. The molecule has 1 aromatic rings. The normalized spacial score (nSPS) is 20.8. The molecule has 2 heterocycles. The van der Waals surface area contributed by atoms with Crippen LogP contribution in [0.25, 0.3) is 0 Å². The average Bonchev–Trinajstić information content (AvgIpc) is 2.57. The molecule has 0 bridgehead atoms. The Hall–Kier alpha value is -1.62. The van der Waals surface area contributed by atoms with Crippen LogP contribution in [0.3, 0.4) is 0 Å². The number of amides is 1. The summed E-state index contributed by atoms with van der Waals surface area (Å²) in [7, 11) is 0. The lowest BCUT2D eigenvalue weighted by Gasteiger charge is -2.38. The van der Waals surface area contributed by atoms with Gasteiger partial charge < -0.3 is 9.80 Å². The topological polar surface area (TPSA) is 26.8 Å². The van der Waals surface area contributed by atoms with Crippen LogP contribution in [0.1, 0.15) is 19.8 Å². The van der Waals surface area contributed by atoms with Gasteiger partial charge in [-0.05, 0) is 44.0 Å². The van der Waals surface area contributed by atoms with Gasteiger partial charge in [0.2, 0.25) is 5.91 Å². The molecule has 0 radical (unpaired) electrons. The van der Waals surface area contributed by atoms with Crippen LogP contribution in [0.4, 0.5) is 10.1 Å². The summed E-state index contributed by atoms with van der Waals surface area (Å²) in [5.74, 6) is 0.813. The third-order valence-corrected chi connectivity index (χ3v) is 5.06. The van der Waals surface area contributed by atoms with Gasteiger partial charge in [-0.3, -0.25) is 9.69 Å². The summed E-state index contributed by atoms with van der Waals surface area (Å²) in [6, 6.07) is 6.86. The zero-order chi connectivity index (χ0) is 16.2. The van der Waals surface area contributed by atoms with Crippen LogP contribution in [0.2, 0.25) is 0 Å². The molecule has 2 saturated heterocycles. The minimum absolute atomic E-state index is 0.185. The molecule has 4 nitrogen and oxygen atoms in total. The van der Waals surface area contributed by atoms with Gasteiger partial charge in [-0.2, -0.15) is 0 Å². The highest BCUT2D eigenvalue weighted by molar-refractivity contribution is 5.78. The molecule has 0 atom stereocenters. The van der Waals surface area contributed by atoms with E-state index < -0.39 is 0 Å². The Balaban J connectivity index is 1.49. The van der Waals surface area contributed by atoms with Gasteiger partial charge in [0.05, 0.1) is 12.2 Å². The molecular weight excluding hydrogens is 293 g/mol. The predicted octanol–water partition coefficient (Wildman–Crippen LogP) is 2.21. The van der Waals surface area contributed by atoms with Crippen molar-refractivity contribution in [3.63, 3.8) is 0 Å². The Morgan fingerprint density at radius 2 is 1.74 bits per heavy atom. The number of carbonyl (C=O) groups is 1. The first-order valence-corrected chi connectivity index (χ1v) is 8.63. The number of hydrogen-bond donors (Lipinski definition) is 0. The van der Waals surface area contributed by atoms with Crippen LogP contribution in [0.5, 0.6) is 0 Å². The van der Waals surface area contributed by atoms with E-state index >= 15 is 0 Å². The maximum absolute atomic E-state index is 13.8. The minimum Gasteiger partial charge on any atom is -0.366 e. The molecule has 0 N–H and O–H groups in total. The number of benzene rings is 1. The highest BCUT2D eigenvalue weighted by Crippen LogP contribution is 2.20. The van der Waals surface area contributed by atoms with E-state index in [9.17, 15) is 9.18 Å². The third kappa shape index (κ3) is 4.02. The zero-order valence-corrected chi connectivity index (χ0v) is 13.9. The molecule has 2 aliphatic rings. The van der Waals surface area contributed by atoms with Crippen LogP contribution < -0.4 is 4.90 Å². The van der Waals surface area contributed by atoms with Crippen molar-refractivity contribution in [1.29, 1.82) is 0 Å². The molecule has 5 heteroatoms. The van der Waals surface area contributed by atoms with E-state index in [2.05, 4.69) is 11.8 Å². The number of piperazine rings is 1. The maximum atomic E-state index is 13.8. The van der Waals surface area contributed by atoms with Crippen LogP contribution in [-0.2, 0) is 4.79 Å². The van der Waals surface area contributed by atoms with Crippen LogP contribution in [0.15, 0.2) is 24.3 Å². The van der Waals surface area contributed by atoms with E-state index in [-0.39, 0.29) is 11.7 Å². The lowest BCUT2D eigenvalue weighted by molar-refractivity contribution is -0.133. The standard InChI is InChI=1S/C18H26FN3O/c1-15-6-8-20(9-7-15)14-18(23)22-12-10-21(11-13-22)17-5-3-2-4-16(17)19/h2-5,15H,6-14H2,1H3. The van der Waals surface area contributed by atoms with Crippen LogP contribution in [-0.4, -0.2) is 61.5 Å².